The molecule has 0 saturated carbocycles. The predicted octanol–water partition coefficient (Wildman–Crippen LogP) is 8.00. The molecule has 0 saturated heterocycles. The molecule has 0 fully saturated rings. The first kappa shape index (κ1) is 25.7. The second-order valence-electron chi connectivity index (χ2n) is 8.64. The van der Waals surface area contributed by atoms with E-state index in [1.54, 1.807) is 0 Å². The maximum atomic E-state index is 11.9. The van der Waals surface area contributed by atoms with Gasteiger partial charge in [0.15, 0.2) is 0 Å². The minimum Gasteiger partial charge on any atom is -0.356 e. The van der Waals surface area contributed by atoms with Gasteiger partial charge in [0.1, 0.15) is 0 Å². The molecular formula is C27H47NO. The highest BCUT2D eigenvalue weighted by atomic mass is 16.1. The number of nitrogens with one attached hydrogen (secondary N) is 1. The van der Waals surface area contributed by atoms with Crippen molar-refractivity contribution in [2.75, 3.05) is 6.54 Å². The highest BCUT2D eigenvalue weighted by Crippen LogP contribution is 2.13. The van der Waals surface area contributed by atoms with Crippen LogP contribution in [0.15, 0.2) is 30.3 Å². The molecule has 166 valence electrons. The zero-order valence-corrected chi connectivity index (χ0v) is 19.2. The van der Waals surface area contributed by atoms with Crippen LogP contribution in [0, 0.1) is 0 Å². The lowest BCUT2D eigenvalue weighted by atomic mass is 10.0. The molecule has 0 atom stereocenters. The number of unbranched alkanes of at least 4 members (excludes halogenated alkanes) is 15. The van der Waals surface area contributed by atoms with Gasteiger partial charge >= 0.3 is 0 Å². The topological polar surface area (TPSA) is 29.1 Å². The maximum Gasteiger partial charge on any atom is 0.220 e. The van der Waals surface area contributed by atoms with Crippen molar-refractivity contribution in [2.45, 2.75) is 122 Å². The third kappa shape index (κ3) is 17.3. The summed E-state index contributed by atoms with van der Waals surface area (Å²) in [6, 6.07) is 10.3. The highest BCUT2D eigenvalue weighted by molar-refractivity contribution is 5.76. The Balaban J connectivity index is 1.74. The van der Waals surface area contributed by atoms with E-state index in [1.807, 2.05) is 18.2 Å². The fourth-order valence-electron chi connectivity index (χ4n) is 3.89. The number of benzene rings is 1. The normalized spacial score (nSPS) is 10.9. The summed E-state index contributed by atoms with van der Waals surface area (Å²) in [6.45, 7) is 3.13. The molecule has 0 spiro atoms. The molecule has 0 heterocycles. The minimum atomic E-state index is 0.190. The summed E-state index contributed by atoms with van der Waals surface area (Å²) >= 11 is 0. The maximum absolute atomic E-state index is 11.9. The first-order valence-corrected chi connectivity index (χ1v) is 12.6. The molecule has 29 heavy (non-hydrogen) atoms. The standard InChI is InChI=1S/C27H47NO/c1-2-3-4-5-6-7-8-9-10-11-12-13-14-15-16-20-25-28-27(29)24-23-26-21-18-17-19-22-26/h17-19,21-22H,2-16,20,23-25H2,1H3,(H,28,29). The lowest BCUT2D eigenvalue weighted by Gasteiger charge is -2.06. The monoisotopic (exact) mass is 401 g/mol. The predicted molar refractivity (Wildman–Crippen MR) is 127 cm³/mol. The van der Waals surface area contributed by atoms with Gasteiger partial charge < -0.3 is 5.32 Å². The quantitative estimate of drug-likeness (QED) is 0.220. The molecule has 0 bridgehead atoms. The van der Waals surface area contributed by atoms with Crippen LogP contribution in [0.3, 0.4) is 0 Å². The van der Waals surface area contributed by atoms with E-state index < -0.39 is 0 Å². The molecule has 1 N–H and O–H groups in total. The summed E-state index contributed by atoms with van der Waals surface area (Å²) in [4.78, 5) is 11.9. The van der Waals surface area contributed by atoms with E-state index >= 15 is 0 Å². The smallest absolute Gasteiger partial charge is 0.220 e. The van der Waals surface area contributed by atoms with Crippen LogP contribution in [0.2, 0.25) is 0 Å². The third-order valence-corrected chi connectivity index (χ3v) is 5.84. The minimum absolute atomic E-state index is 0.190. The number of hydrogen-bond acceptors (Lipinski definition) is 1. The van der Waals surface area contributed by atoms with E-state index in [0.717, 1.165) is 19.4 Å². The van der Waals surface area contributed by atoms with Crippen LogP contribution in [-0.4, -0.2) is 12.5 Å². The van der Waals surface area contributed by atoms with Crippen molar-refractivity contribution in [3.05, 3.63) is 35.9 Å². The van der Waals surface area contributed by atoms with Gasteiger partial charge in [-0.15, -0.1) is 0 Å². The number of hydrogen-bond donors (Lipinski definition) is 1. The Morgan fingerprint density at radius 3 is 1.59 bits per heavy atom. The van der Waals surface area contributed by atoms with Crippen LogP contribution in [0.4, 0.5) is 0 Å². The van der Waals surface area contributed by atoms with E-state index in [9.17, 15) is 4.79 Å². The van der Waals surface area contributed by atoms with Gasteiger partial charge in [-0.2, -0.15) is 0 Å². The Kier molecular flexibility index (Phi) is 17.7. The largest absolute Gasteiger partial charge is 0.356 e. The first-order valence-electron chi connectivity index (χ1n) is 12.6. The zero-order chi connectivity index (χ0) is 20.8. The molecule has 1 aromatic rings. The van der Waals surface area contributed by atoms with E-state index in [4.69, 9.17) is 0 Å². The number of aryl methyl sites for hydroxylation is 1. The molecule has 0 aliphatic rings. The molecule has 0 aromatic heterocycles. The summed E-state index contributed by atoms with van der Waals surface area (Å²) < 4.78 is 0. The van der Waals surface area contributed by atoms with Crippen molar-refractivity contribution < 1.29 is 4.79 Å². The summed E-state index contributed by atoms with van der Waals surface area (Å²) in [6.07, 6.45) is 23.6. The van der Waals surface area contributed by atoms with Crippen molar-refractivity contribution in [1.29, 1.82) is 0 Å². The van der Waals surface area contributed by atoms with E-state index in [2.05, 4.69) is 24.4 Å². The summed E-state index contributed by atoms with van der Waals surface area (Å²) in [7, 11) is 0. The van der Waals surface area contributed by atoms with Gasteiger partial charge in [0, 0.05) is 13.0 Å². The molecule has 1 rings (SSSR count). The van der Waals surface area contributed by atoms with E-state index in [-0.39, 0.29) is 5.91 Å². The van der Waals surface area contributed by atoms with Crippen molar-refractivity contribution in [1.82, 2.24) is 5.32 Å². The fraction of sp³-hybridized carbons (Fsp3) is 0.741. The van der Waals surface area contributed by atoms with Gasteiger partial charge in [-0.05, 0) is 18.4 Å². The number of rotatable bonds is 20. The summed E-state index contributed by atoms with van der Waals surface area (Å²) in [5.41, 5.74) is 1.24. The Morgan fingerprint density at radius 2 is 1.10 bits per heavy atom. The number of carbonyl (C=O) groups excluding carboxylic acids is 1. The molecule has 0 aliphatic heterocycles. The van der Waals surface area contributed by atoms with Crippen LogP contribution in [0.25, 0.3) is 0 Å². The lowest BCUT2D eigenvalue weighted by Crippen LogP contribution is -2.24. The molecule has 2 heteroatoms. The second kappa shape index (κ2) is 20.0. The average Bonchev–Trinajstić information content (AvgIpc) is 2.75. The van der Waals surface area contributed by atoms with Gasteiger partial charge in [0.25, 0.3) is 0 Å². The molecule has 1 amide bonds. The Morgan fingerprint density at radius 1 is 0.655 bits per heavy atom. The molecule has 0 aliphatic carbocycles. The Hall–Kier alpha value is -1.31. The fourth-order valence-corrected chi connectivity index (χ4v) is 3.89. The number of carbonyl (C=O) groups is 1. The van der Waals surface area contributed by atoms with Crippen LogP contribution in [-0.2, 0) is 11.2 Å². The molecule has 1 aromatic carbocycles. The first-order chi connectivity index (χ1) is 14.3. The van der Waals surface area contributed by atoms with Gasteiger partial charge in [-0.1, -0.05) is 134 Å². The van der Waals surface area contributed by atoms with Gasteiger partial charge in [-0.25, -0.2) is 0 Å². The molecule has 2 nitrogen and oxygen atoms in total. The SMILES string of the molecule is CCCCCCCCCCCCCCCCCCNC(=O)CCc1ccccc1. The summed E-state index contributed by atoms with van der Waals surface area (Å²) in [5.74, 6) is 0.190. The van der Waals surface area contributed by atoms with E-state index in [1.165, 1.54) is 102 Å². The van der Waals surface area contributed by atoms with Crippen LogP contribution in [0.1, 0.15) is 122 Å². The van der Waals surface area contributed by atoms with Crippen LogP contribution >= 0.6 is 0 Å². The van der Waals surface area contributed by atoms with Crippen LogP contribution in [0.5, 0.6) is 0 Å². The Labute approximate surface area is 181 Å². The zero-order valence-electron chi connectivity index (χ0n) is 19.2. The van der Waals surface area contributed by atoms with Crippen molar-refractivity contribution in [3.63, 3.8) is 0 Å². The number of amides is 1. The van der Waals surface area contributed by atoms with Crippen molar-refractivity contribution in [2.24, 2.45) is 0 Å². The van der Waals surface area contributed by atoms with E-state index in [0.29, 0.717) is 6.42 Å². The summed E-state index contributed by atoms with van der Waals surface area (Å²) in [5, 5.41) is 3.06. The molecule has 0 radical (unpaired) electrons. The highest BCUT2D eigenvalue weighted by Gasteiger charge is 2.01. The van der Waals surface area contributed by atoms with Gasteiger partial charge in [0.05, 0.1) is 0 Å². The molecule has 0 unspecified atom stereocenters. The average molecular weight is 402 g/mol. The lowest BCUT2D eigenvalue weighted by molar-refractivity contribution is -0.121. The third-order valence-electron chi connectivity index (χ3n) is 5.84. The van der Waals surface area contributed by atoms with Crippen molar-refractivity contribution >= 4 is 5.91 Å². The Bertz CT molecular complexity index is 471. The van der Waals surface area contributed by atoms with Crippen molar-refractivity contribution in [3.8, 4) is 0 Å². The van der Waals surface area contributed by atoms with Crippen LogP contribution < -0.4 is 5.32 Å². The second-order valence-corrected chi connectivity index (χ2v) is 8.64. The molecular weight excluding hydrogens is 354 g/mol. The van der Waals surface area contributed by atoms with Gasteiger partial charge in [-0.3, -0.25) is 4.79 Å². The van der Waals surface area contributed by atoms with Gasteiger partial charge in [0.2, 0.25) is 5.91 Å².